The summed E-state index contributed by atoms with van der Waals surface area (Å²) in [5.74, 6) is -3.96. The fourth-order valence-corrected chi connectivity index (χ4v) is 5.21. The maximum atomic E-state index is 12.6. The van der Waals surface area contributed by atoms with Gasteiger partial charge in [-0.15, -0.1) is 0 Å². The number of hydrogen-bond donors (Lipinski definition) is 2. The Hall–Kier alpha value is -4.60. The Labute approximate surface area is 211 Å². The maximum absolute atomic E-state index is 12.6. The van der Waals surface area contributed by atoms with Crippen LogP contribution in [0, 0.1) is 0 Å². The van der Waals surface area contributed by atoms with Crippen LogP contribution in [-0.2, 0) is 28.8 Å². The smallest absolute Gasteiger partial charge is 0.326 e. The number of fused-ring (bicyclic) bond motifs is 3. The first kappa shape index (κ1) is 24.1. The van der Waals surface area contributed by atoms with Crippen LogP contribution in [-0.4, -0.2) is 63.0 Å². The first-order chi connectivity index (χ1) is 17.7. The van der Waals surface area contributed by atoms with Crippen molar-refractivity contribution in [2.24, 2.45) is 0 Å². The molecule has 3 aliphatic rings. The van der Waals surface area contributed by atoms with Crippen LogP contribution in [0.25, 0.3) is 11.1 Å². The second-order valence-corrected chi connectivity index (χ2v) is 9.15. The van der Waals surface area contributed by atoms with Gasteiger partial charge in [0, 0.05) is 49.6 Å². The molecule has 1 saturated heterocycles. The van der Waals surface area contributed by atoms with E-state index in [1.54, 1.807) is 12.1 Å². The Balaban J connectivity index is 1.38. The standard InChI is InChI=1S/C27H23N3O7/c31-22(11-12-29-23(32)7-8-24(29)33)28-15-5-6-18-16-3-1-2-4-17(16)20(19(18)13-15)14-21(27(36)37)30-25(34)9-10-26(30)35/h1-8,13,20-21H,9-12,14H2,(H,28,31)(H,36,37). The van der Waals surface area contributed by atoms with E-state index >= 15 is 0 Å². The highest BCUT2D eigenvalue weighted by Crippen LogP contribution is 2.48. The van der Waals surface area contributed by atoms with Gasteiger partial charge in [0.25, 0.3) is 11.8 Å². The van der Waals surface area contributed by atoms with Gasteiger partial charge in [0.1, 0.15) is 6.04 Å². The Morgan fingerprint density at radius 1 is 0.919 bits per heavy atom. The first-order valence-corrected chi connectivity index (χ1v) is 11.9. The van der Waals surface area contributed by atoms with Crippen molar-refractivity contribution in [2.75, 3.05) is 11.9 Å². The summed E-state index contributed by atoms with van der Waals surface area (Å²) in [5.41, 5.74) is 3.92. The Kier molecular flexibility index (Phi) is 6.16. The third-order valence-electron chi connectivity index (χ3n) is 6.95. The Morgan fingerprint density at radius 2 is 1.57 bits per heavy atom. The second kappa shape index (κ2) is 9.45. The van der Waals surface area contributed by atoms with Gasteiger partial charge in [-0.25, -0.2) is 4.79 Å². The molecule has 2 aliphatic heterocycles. The number of aliphatic carboxylic acids is 1. The summed E-state index contributed by atoms with van der Waals surface area (Å²) in [6.45, 7) is -0.0479. The van der Waals surface area contributed by atoms with Crippen molar-refractivity contribution in [2.45, 2.75) is 37.6 Å². The van der Waals surface area contributed by atoms with Gasteiger partial charge in [-0.1, -0.05) is 30.3 Å². The van der Waals surface area contributed by atoms with E-state index in [1.165, 1.54) is 0 Å². The molecule has 37 heavy (non-hydrogen) atoms. The normalized spacial score (nSPS) is 18.9. The Bertz CT molecular complexity index is 1360. The van der Waals surface area contributed by atoms with Crippen molar-refractivity contribution in [3.05, 3.63) is 65.7 Å². The summed E-state index contributed by atoms with van der Waals surface area (Å²) in [7, 11) is 0. The van der Waals surface area contributed by atoms with Crippen LogP contribution in [0.4, 0.5) is 5.69 Å². The van der Waals surface area contributed by atoms with Crippen molar-refractivity contribution in [1.29, 1.82) is 0 Å². The Morgan fingerprint density at radius 3 is 2.24 bits per heavy atom. The number of nitrogens with zero attached hydrogens (tertiary/aromatic N) is 2. The number of imide groups is 2. The lowest BCUT2D eigenvalue weighted by Gasteiger charge is -2.26. The molecule has 2 atom stereocenters. The van der Waals surface area contributed by atoms with E-state index < -0.39 is 47.5 Å². The number of carbonyl (C=O) groups excluding carboxylic acids is 5. The van der Waals surface area contributed by atoms with E-state index in [0.29, 0.717) is 5.69 Å². The van der Waals surface area contributed by atoms with E-state index in [2.05, 4.69) is 5.32 Å². The molecule has 2 N–H and O–H groups in total. The third kappa shape index (κ3) is 4.42. The minimum atomic E-state index is -1.31. The van der Waals surface area contributed by atoms with Crippen molar-refractivity contribution < 1.29 is 33.9 Å². The molecule has 188 valence electrons. The summed E-state index contributed by atoms with van der Waals surface area (Å²) in [4.78, 5) is 74.6. The fourth-order valence-electron chi connectivity index (χ4n) is 5.21. The highest BCUT2D eigenvalue weighted by molar-refractivity contribution is 6.13. The van der Waals surface area contributed by atoms with E-state index in [-0.39, 0.29) is 32.2 Å². The second-order valence-electron chi connectivity index (χ2n) is 9.15. The van der Waals surface area contributed by atoms with Gasteiger partial charge in [0.05, 0.1) is 0 Å². The topological polar surface area (TPSA) is 141 Å². The monoisotopic (exact) mass is 501 g/mol. The zero-order chi connectivity index (χ0) is 26.3. The van der Waals surface area contributed by atoms with Crippen LogP contribution < -0.4 is 5.32 Å². The SMILES string of the molecule is O=C(CCN1C(=O)C=CC1=O)Nc1ccc2c(c1)C(CC(C(=O)O)N1C(=O)CCC1=O)c1ccccc1-2. The largest absolute Gasteiger partial charge is 0.480 e. The molecule has 10 nitrogen and oxygen atoms in total. The number of carboxylic acids is 1. The number of hydrogen-bond acceptors (Lipinski definition) is 6. The third-order valence-corrected chi connectivity index (χ3v) is 6.95. The predicted octanol–water partition coefficient (Wildman–Crippen LogP) is 2.04. The van der Waals surface area contributed by atoms with Crippen LogP contribution in [0.1, 0.15) is 42.7 Å². The fraction of sp³-hybridized carbons (Fsp3) is 0.259. The average molecular weight is 501 g/mol. The lowest BCUT2D eigenvalue weighted by atomic mass is 9.89. The van der Waals surface area contributed by atoms with Crippen LogP contribution >= 0.6 is 0 Å². The minimum Gasteiger partial charge on any atom is -0.480 e. The molecule has 0 aromatic heterocycles. The summed E-state index contributed by atoms with van der Waals surface area (Å²) >= 11 is 0. The molecule has 2 heterocycles. The van der Waals surface area contributed by atoms with Crippen molar-refractivity contribution in [3.8, 4) is 11.1 Å². The molecule has 0 spiro atoms. The molecule has 0 radical (unpaired) electrons. The molecule has 1 aliphatic carbocycles. The van der Waals surface area contributed by atoms with E-state index in [0.717, 1.165) is 44.2 Å². The molecule has 1 fully saturated rings. The molecule has 10 heteroatoms. The average Bonchev–Trinajstić information content (AvgIpc) is 3.48. The number of anilines is 1. The number of carbonyl (C=O) groups is 6. The molecular weight excluding hydrogens is 478 g/mol. The van der Waals surface area contributed by atoms with Gasteiger partial charge in [0.15, 0.2) is 0 Å². The molecule has 0 saturated carbocycles. The zero-order valence-corrected chi connectivity index (χ0v) is 19.7. The minimum absolute atomic E-state index is 0.000406. The lowest BCUT2D eigenvalue weighted by molar-refractivity contribution is -0.154. The van der Waals surface area contributed by atoms with Crippen molar-refractivity contribution >= 4 is 41.2 Å². The molecular formula is C27H23N3O7. The maximum Gasteiger partial charge on any atom is 0.326 e. The molecule has 0 bridgehead atoms. The highest BCUT2D eigenvalue weighted by atomic mass is 16.4. The zero-order valence-electron chi connectivity index (χ0n) is 19.7. The summed E-state index contributed by atoms with van der Waals surface area (Å²) in [5, 5.41) is 12.7. The molecule has 5 amide bonds. The van der Waals surface area contributed by atoms with Gasteiger partial charge >= 0.3 is 5.97 Å². The van der Waals surface area contributed by atoms with E-state index in [1.807, 2.05) is 30.3 Å². The molecule has 5 rings (SSSR count). The molecule has 2 aromatic rings. The summed E-state index contributed by atoms with van der Waals surface area (Å²) < 4.78 is 0. The quantitative estimate of drug-likeness (QED) is 0.527. The van der Waals surface area contributed by atoms with E-state index in [9.17, 15) is 33.9 Å². The van der Waals surface area contributed by atoms with Crippen LogP contribution in [0.3, 0.4) is 0 Å². The number of benzene rings is 2. The summed E-state index contributed by atoms with van der Waals surface area (Å²) in [6, 6.07) is 11.5. The highest BCUT2D eigenvalue weighted by Gasteiger charge is 2.42. The first-order valence-electron chi connectivity index (χ1n) is 11.9. The lowest BCUT2D eigenvalue weighted by Crippen LogP contribution is -2.45. The van der Waals surface area contributed by atoms with Gasteiger partial charge < -0.3 is 10.4 Å². The van der Waals surface area contributed by atoms with Crippen LogP contribution in [0.15, 0.2) is 54.6 Å². The number of rotatable bonds is 8. The number of likely N-dealkylation sites (tertiary alicyclic amines) is 1. The van der Waals surface area contributed by atoms with Crippen molar-refractivity contribution in [3.63, 3.8) is 0 Å². The van der Waals surface area contributed by atoms with Crippen LogP contribution in [0.2, 0.25) is 0 Å². The molecule has 2 aromatic carbocycles. The van der Waals surface area contributed by atoms with Gasteiger partial charge in [-0.05, 0) is 40.8 Å². The summed E-state index contributed by atoms with van der Waals surface area (Å²) in [6.07, 6.45) is 2.24. The molecule has 2 unspecified atom stereocenters. The van der Waals surface area contributed by atoms with Gasteiger partial charge in [0.2, 0.25) is 17.7 Å². The predicted molar refractivity (Wildman–Crippen MR) is 130 cm³/mol. The number of nitrogens with one attached hydrogen (secondary N) is 1. The van der Waals surface area contributed by atoms with Crippen LogP contribution in [0.5, 0.6) is 0 Å². The number of amides is 5. The van der Waals surface area contributed by atoms with Gasteiger partial charge in [-0.3, -0.25) is 33.8 Å². The van der Waals surface area contributed by atoms with E-state index in [4.69, 9.17) is 0 Å². The number of carboxylic acid groups (broad SMARTS) is 1. The van der Waals surface area contributed by atoms with Gasteiger partial charge in [-0.2, -0.15) is 0 Å². The van der Waals surface area contributed by atoms with Crippen molar-refractivity contribution in [1.82, 2.24) is 9.80 Å².